The summed E-state index contributed by atoms with van der Waals surface area (Å²) in [5.41, 5.74) is 0.000636. The van der Waals surface area contributed by atoms with Crippen molar-refractivity contribution in [3.8, 4) is 0 Å². The van der Waals surface area contributed by atoms with Crippen LogP contribution in [0.3, 0.4) is 0 Å². The fourth-order valence-corrected chi connectivity index (χ4v) is 3.69. The van der Waals surface area contributed by atoms with Gasteiger partial charge in [0.05, 0.1) is 29.2 Å². The van der Waals surface area contributed by atoms with E-state index < -0.39 is 10.9 Å². The molecule has 0 spiro atoms. The van der Waals surface area contributed by atoms with E-state index in [1.807, 2.05) is 0 Å². The van der Waals surface area contributed by atoms with Crippen molar-refractivity contribution in [2.45, 2.75) is 44.7 Å². The molecule has 2 aromatic rings. The lowest BCUT2D eigenvalue weighted by Crippen LogP contribution is -2.41. The SMILES string of the molecule is COC(=O)c1coc(CN(C(=O)c2ccc([N+](=O)[O-])cc2Cl)C2CCCCC2)n1. The zero-order valence-electron chi connectivity index (χ0n) is 15.8. The molecule has 1 fully saturated rings. The number of benzene rings is 1. The van der Waals surface area contributed by atoms with Crippen LogP contribution in [0.4, 0.5) is 5.69 Å². The molecule has 0 N–H and O–H groups in total. The number of amides is 1. The normalized spacial score (nSPS) is 14.4. The van der Waals surface area contributed by atoms with Gasteiger partial charge in [-0.25, -0.2) is 9.78 Å². The van der Waals surface area contributed by atoms with Gasteiger partial charge in [-0.05, 0) is 18.9 Å². The smallest absolute Gasteiger partial charge is 0.360 e. The Labute approximate surface area is 171 Å². The van der Waals surface area contributed by atoms with Crippen LogP contribution in [-0.4, -0.2) is 39.8 Å². The molecule has 1 aromatic heterocycles. The van der Waals surface area contributed by atoms with Crippen molar-refractivity contribution in [1.29, 1.82) is 0 Å². The number of carbonyl (C=O) groups is 2. The van der Waals surface area contributed by atoms with E-state index in [4.69, 9.17) is 16.0 Å². The number of aromatic nitrogens is 1. The van der Waals surface area contributed by atoms with Gasteiger partial charge < -0.3 is 14.1 Å². The summed E-state index contributed by atoms with van der Waals surface area (Å²) in [5.74, 6) is -0.800. The minimum Gasteiger partial charge on any atom is -0.464 e. The van der Waals surface area contributed by atoms with Gasteiger partial charge in [-0.3, -0.25) is 14.9 Å². The topological polar surface area (TPSA) is 116 Å². The number of oxazole rings is 1. The van der Waals surface area contributed by atoms with Crippen molar-refractivity contribution in [3.63, 3.8) is 0 Å². The number of nitrogens with zero attached hydrogens (tertiary/aromatic N) is 3. The Morgan fingerprint density at radius 1 is 1.34 bits per heavy atom. The van der Waals surface area contributed by atoms with Gasteiger partial charge in [0, 0.05) is 18.2 Å². The second-order valence-corrected chi connectivity index (χ2v) is 7.17. The highest BCUT2D eigenvalue weighted by Crippen LogP contribution is 2.29. The molecule has 154 valence electrons. The average Bonchev–Trinajstić information content (AvgIpc) is 3.20. The molecule has 1 aromatic carbocycles. The van der Waals surface area contributed by atoms with E-state index in [2.05, 4.69) is 9.72 Å². The number of non-ortho nitro benzene ring substituents is 1. The van der Waals surface area contributed by atoms with Crippen molar-refractivity contribution < 1.29 is 23.7 Å². The standard InChI is InChI=1S/C19H20ClN3O6/c1-28-19(25)16-11-29-17(21-16)10-22(12-5-3-2-4-6-12)18(24)14-8-7-13(23(26)27)9-15(14)20/h7-9,11-12H,2-6,10H2,1H3. The van der Waals surface area contributed by atoms with Crippen molar-refractivity contribution in [2.24, 2.45) is 0 Å². The van der Waals surface area contributed by atoms with Crippen molar-refractivity contribution >= 4 is 29.2 Å². The number of nitro benzene ring substituents is 1. The first-order valence-electron chi connectivity index (χ1n) is 9.18. The lowest BCUT2D eigenvalue weighted by atomic mass is 9.93. The summed E-state index contributed by atoms with van der Waals surface area (Å²) in [6.07, 6.45) is 5.90. The lowest BCUT2D eigenvalue weighted by Gasteiger charge is -2.33. The van der Waals surface area contributed by atoms with E-state index >= 15 is 0 Å². The van der Waals surface area contributed by atoms with Gasteiger partial charge in [-0.15, -0.1) is 0 Å². The minimum absolute atomic E-state index is 0.00710. The van der Waals surface area contributed by atoms with Gasteiger partial charge in [0.15, 0.2) is 5.69 Å². The van der Waals surface area contributed by atoms with Gasteiger partial charge in [0.1, 0.15) is 6.26 Å². The lowest BCUT2D eigenvalue weighted by molar-refractivity contribution is -0.384. The molecule has 10 heteroatoms. The van der Waals surface area contributed by atoms with E-state index in [-0.39, 0.29) is 46.4 Å². The van der Waals surface area contributed by atoms with Crippen LogP contribution in [0.5, 0.6) is 0 Å². The predicted molar refractivity (Wildman–Crippen MR) is 103 cm³/mol. The number of esters is 1. The fraction of sp³-hybridized carbons (Fsp3) is 0.421. The first-order chi connectivity index (χ1) is 13.9. The van der Waals surface area contributed by atoms with Crippen LogP contribution in [0.15, 0.2) is 28.9 Å². The van der Waals surface area contributed by atoms with E-state index in [9.17, 15) is 19.7 Å². The maximum Gasteiger partial charge on any atom is 0.360 e. The molecule has 1 aliphatic carbocycles. The monoisotopic (exact) mass is 421 g/mol. The Kier molecular flexibility index (Phi) is 6.48. The second-order valence-electron chi connectivity index (χ2n) is 6.76. The number of methoxy groups -OCH3 is 1. The predicted octanol–water partition coefficient (Wildman–Crippen LogP) is 4.00. The number of carbonyl (C=O) groups excluding carboxylic acids is 2. The summed E-state index contributed by atoms with van der Waals surface area (Å²) in [5, 5.41) is 10.9. The fourth-order valence-electron chi connectivity index (χ4n) is 3.43. The van der Waals surface area contributed by atoms with E-state index in [0.717, 1.165) is 38.2 Å². The molecule has 0 aliphatic heterocycles. The number of halogens is 1. The van der Waals surface area contributed by atoms with Crippen LogP contribution >= 0.6 is 11.6 Å². The zero-order chi connectivity index (χ0) is 21.0. The molecule has 1 aliphatic rings. The highest BCUT2D eigenvalue weighted by Gasteiger charge is 2.30. The maximum atomic E-state index is 13.3. The second kappa shape index (κ2) is 9.04. The highest BCUT2D eigenvalue weighted by atomic mass is 35.5. The Morgan fingerprint density at radius 2 is 2.07 bits per heavy atom. The summed E-state index contributed by atoms with van der Waals surface area (Å²) in [7, 11) is 1.24. The molecule has 1 amide bonds. The molecule has 9 nitrogen and oxygen atoms in total. The van der Waals surface area contributed by atoms with Gasteiger partial charge in [-0.2, -0.15) is 0 Å². The van der Waals surface area contributed by atoms with Crippen LogP contribution in [0.25, 0.3) is 0 Å². The Hall–Kier alpha value is -2.94. The summed E-state index contributed by atoms with van der Waals surface area (Å²) < 4.78 is 9.97. The third-order valence-electron chi connectivity index (χ3n) is 4.92. The first-order valence-corrected chi connectivity index (χ1v) is 9.56. The molecule has 0 atom stereocenters. The van der Waals surface area contributed by atoms with Gasteiger partial charge in [-0.1, -0.05) is 30.9 Å². The maximum absolute atomic E-state index is 13.3. The number of ether oxygens (including phenoxy) is 1. The highest BCUT2D eigenvalue weighted by molar-refractivity contribution is 6.34. The van der Waals surface area contributed by atoms with E-state index in [0.29, 0.717) is 0 Å². The quantitative estimate of drug-likeness (QED) is 0.393. The largest absolute Gasteiger partial charge is 0.464 e. The molecule has 29 heavy (non-hydrogen) atoms. The molecule has 0 bridgehead atoms. The molecular weight excluding hydrogens is 402 g/mol. The van der Waals surface area contributed by atoms with Crippen LogP contribution in [-0.2, 0) is 11.3 Å². The molecule has 0 unspecified atom stereocenters. The van der Waals surface area contributed by atoms with Gasteiger partial charge >= 0.3 is 5.97 Å². The zero-order valence-corrected chi connectivity index (χ0v) is 16.6. The number of nitro groups is 1. The van der Waals surface area contributed by atoms with Gasteiger partial charge in [0.2, 0.25) is 5.89 Å². The number of rotatable bonds is 6. The number of hydrogen-bond acceptors (Lipinski definition) is 7. The van der Waals surface area contributed by atoms with Crippen LogP contribution in [0.2, 0.25) is 5.02 Å². The van der Waals surface area contributed by atoms with Crippen LogP contribution < -0.4 is 0 Å². The molecular formula is C19H20ClN3O6. The van der Waals surface area contributed by atoms with Crippen molar-refractivity contribution in [3.05, 3.63) is 56.7 Å². The van der Waals surface area contributed by atoms with Gasteiger partial charge in [0.25, 0.3) is 11.6 Å². The summed E-state index contributed by atoms with van der Waals surface area (Å²) in [4.78, 5) is 40.9. The Bertz CT molecular complexity index is 922. The van der Waals surface area contributed by atoms with Crippen LogP contribution in [0, 0.1) is 10.1 Å². The number of hydrogen-bond donors (Lipinski definition) is 0. The summed E-state index contributed by atoms with van der Waals surface area (Å²) in [6.45, 7) is 0.0494. The Morgan fingerprint density at radius 3 is 2.69 bits per heavy atom. The van der Waals surface area contributed by atoms with Crippen LogP contribution in [0.1, 0.15) is 58.8 Å². The van der Waals surface area contributed by atoms with Crippen molar-refractivity contribution in [1.82, 2.24) is 9.88 Å². The van der Waals surface area contributed by atoms with Crippen molar-refractivity contribution in [2.75, 3.05) is 7.11 Å². The Balaban J connectivity index is 1.89. The third-order valence-corrected chi connectivity index (χ3v) is 5.23. The average molecular weight is 422 g/mol. The minimum atomic E-state index is -0.631. The third kappa shape index (κ3) is 4.73. The first kappa shape index (κ1) is 20.8. The molecule has 1 heterocycles. The summed E-state index contributed by atoms with van der Waals surface area (Å²) in [6, 6.07) is 3.72. The summed E-state index contributed by atoms with van der Waals surface area (Å²) >= 11 is 6.17. The molecule has 0 radical (unpaired) electrons. The molecule has 3 rings (SSSR count). The van der Waals surface area contributed by atoms with E-state index in [1.165, 1.54) is 25.5 Å². The molecule has 0 saturated heterocycles. The molecule has 1 saturated carbocycles. The van der Waals surface area contributed by atoms with E-state index in [1.54, 1.807) is 4.90 Å².